The fourth-order valence-electron chi connectivity index (χ4n) is 6.09. The molecule has 0 spiro atoms. The molecule has 6 nitrogen and oxygen atoms in total. The molecule has 0 aliphatic heterocycles. The summed E-state index contributed by atoms with van der Waals surface area (Å²) in [4.78, 5) is 37.7. The highest BCUT2D eigenvalue weighted by Gasteiger charge is 2.30. The van der Waals surface area contributed by atoms with Crippen molar-refractivity contribution < 1.29 is 28.6 Å². The Morgan fingerprint density at radius 1 is 0.761 bits per heavy atom. The summed E-state index contributed by atoms with van der Waals surface area (Å²) in [6.07, 6.45) is 19.5. The molecule has 1 aliphatic carbocycles. The van der Waals surface area contributed by atoms with Gasteiger partial charge in [0.25, 0.3) is 0 Å². The van der Waals surface area contributed by atoms with Crippen LogP contribution in [0.3, 0.4) is 0 Å². The van der Waals surface area contributed by atoms with Crippen molar-refractivity contribution in [1.29, 1.82) is 0 Å². The number of ether oxygens (including phenoxy) is 3. The van der Waals surface area contributed by atoms with Crippen LogP contribution in [0.5, 0.6) is 5.75 Å². The van der Waals surface area contributed by atoms with Gasteiger partial charge < -0.3 is 14.2 Å². The Kier molecular flexibility index (Phi) is 17.2. The zero-order valence-electron chi connectivity index (χ0n) is 28.3. The third-order valence-corrected chi connectivity index (χ3v) is 9.01. The van der Waals surface area contributed by atoms with E-state index in [1.54, 1.807) is 12.1 Å². The average Bonchev–Trinajstić information content (AvgIpc) is 3.08. The molecule has 252 valence electrons. The number of hydrogen-bond donors (Lipinski definition) is 0. The Hall–Kier alpha value is -3.41. The van der Waals surface area contributed by atoms with Crippen molar-refractivity contribution in [3.05, 3.63) is 77.9 Å². The molecule has 0 heterocycles. The first-order valence-corrected chi connectivity index (χ1v) is 17.9. The van der Waals surface area contributed by atoms with E-state index in [0.717, 1.165) is 31.2 Å². The van der Waals surface area contributed by atoms with E-state index in [1.165, 1.54) is 75.8 Å². The molecule has 46 heavy (non-hydrogen) atoms. The molecule has 0 aromatic heterocycles. The standard InChI is InChI=1S/C40H56O6/c1-4-7-9-11-12-13-14-16-18-37(46-38(41)6-3)32-23-27-35(28-24-32)44-40(43)34-25-29-36(30-26-34)45-39(42)33-21-19-31(20-22-33)17-15-10-8-5-2/h6,19-24,27-28,34,36-37H,3-5,7-18,25-26,29-30H2,1-2H3. The fraction of sp³-hybridized carbons (Fsp3) is 0.575. The lowest BCUT2D eigenvalue weighted by molar-refractivity contribution is -0.144. The van der Waals surface area contributed by atoms with Crippen molar-refractivity contribution in [3.8, 4) is 5.75 Å². The summed E-state index contributed by atoms with van der Waals surface area (Å²) in [5.74, 6) is -0.766. The van der Waals surface area contributed by atoms with Crippen molar-refractivity contribution in [1.82, 2.24) is 0 Å². The second kappa shape index (κ2) is 21.4. The van der Waals surface area contributed by atoms with Gasteiger partial charge in [-0.15, -0.1) is 0 Å². The van der Waals surface area contributed by atoms with Gasteiger partial charge in [-0.2, -0.15) is 0 Å². The number of carbonyl (C=O) groups excluding carboxylic acids is 3. The second-order valence-electron chi connectivity index (χ2n) is 12.8. The predicted octanol–water partition coefficient (Wildman–Crippen LogP) is 10.4. The summed E-state index contributed by atoms with van der Waals surface area (Å²) in [6.45, 7) is 7.97. The highest BCUT2D eigenvalue weighted by Crippen LogP contribution is 2.30. The first-order chi connectivity index (χ1) is 22.4. The van der Waals surface area contributed by atoms with E-state index in [9.17, 15) is 14.4 Å². The van der Waals surface area contributed by atoms with Crippen LogP contribution in [0.2, 0.25) is 0 Å². The minimum Gasteiger partial charge on any atom is -0.459 e. The van der Waals surface area contributed by atoms with Gasteiger partial charge in [0.2, 0.25) is 0 Å². The van der Waals surface area contributed by atoms with Crippen molar-refractivity contribution in [2.24, 2.45) is 5.92 Å². The number of hydrogen-bond acceptors (Lipinski definition) is 6. The third-order valence-electron chi connectivity index (χ3n) is 9.01. The van der Waals surface area contributed by atoms with E-state index < -0.39 is 5.97 Å². The molecule has 0 radical (unpaired) electrons. The largest absolute Gasteiger partial charge is 0.459 e. The molecule has 0 saturated heterocycles. The normalized spacial score (nSPS) is 16.7. The van der Waals surface area contributed by atoms with E-state index in [0.29, 0.717) is 37.0 Å². The Balaban J connectivity index is 1.41. The molecular formula is C40H56O6. The van der Waals surface area contributed by atoms with Crippen molar-refractivity contribution in [2.75, 3.05) is 0 Å². The fourth-order valence-corrected chi connectivity index (χ4v) is 6.09. The smallest absolute Gasteiger partial charge is 0.338 e. The maximum atomic E-state index is 12.9. The molecule has 0 N–H and O–H groups in total. The summed E-state index contributed by atoms with van der Waals surface area (Å²) in [5.41, 5.74) is 2.69. The Labute approximate surface area is 277 Å². The van der Waals surface area contributed by atoms with Crippen LogP contribution in [-0.4, -0.2) is 24.0 Å². The first-order valence-electron chi connectivity index (χ1n) is 17.9. The minimum atomic E-state index is -0.438. The maximum absolute atomic E-state index is 12.9. The molecule has 0 amide bonds. The predicted molar refractivity (Wildman–Crippen MR) is 184 cm³/mol. The lowest BCUT2D eigenvalue weighted by atomic mass is 9.87. The monoisotopic (exact) mass is 632 g/mol. The SMILES string of the molecule is C=CC(=O)OC(CCCCCCCCCC)c1ccc(OC(=O)C2CCC(OC(=O)c3ccc(CCCCCC)cc3)CC2)cc1. The van der Waals surface area contributed by atoms with Crippen molar-refractivity contribution in [3.63, 3.8) is 0 Å². The van der Waals surface area contributed by atoms with Crippen LogP contribution < -0.4 is 4.74 Å². The van der Waals surface area contributed by atoms with Gasteiger partial charge >= 0.3 is 17.9 Å². The highest BCUT2D eigenvalue weighted by atomic mass is 16.5. The van der Waals surface area contributed by atoms with Gasteiger partial charge in [-0.25, -0.2) is 9.59 Å². The first kappa shape index (κ1) is 37.1. The molecule has 1 unspecified atom stereocenters. The Bertz CT molecular complexity index is 1180. The molecule has 1 atom stereocenters. The van der Waals surface area contributed by atoms with Gasteiger partial charge in [0, 0.05) is 6.08 Å². The van der Waals surface area contributed by atoms with Crippen molar-refractivity contribution in [2.45, 2.75) is 142 Å². The average molecular weight is 633 g/mol. The van der Waals surface area contributed by atoms with Gasteiger partial charge in [-0.05, 0) is 86.8 Å². The zero-order chi connectivity index (χ0) is 33.0. The van der Waals surface area contributed by atoms with Crippen LogP contribution in [0.15, 0.2) is 61.2 Å². The number of carbonyl (C=O) groups is 3. The van der Waals surface area contributed by atoms with Crippen LogP contribution in [0.4, 0.5) is 0 Å². The summed E-state index contributed by atoms with van der Waals surface area (Å²) < 4.78 is 17.1. The summed E-state index contributed by atoms with van der Waals surface area (Å²) in [6, 6.07) is 15.0. The quantitative estimate of drug-likeness (QED) is 0.0590. The third kappa shape index (κ3) is 13.5. The highest BCUT2D eigenvalue weighted by molar-refractivity contribution is 5.89. The number of esters is 3. The topological polar surface area (TPSA) is 78.9 Å². The van der Waals surface area contributed by atoms with Gasteiger partial charge in [-0.1, -0.05) is 109 Å². The summed E-state index contributed by atoms with van der Waals surface area (Å²) in [5, 5.41) is 0. The van der Waals surface area contributed by atoms with Gasteiger partial charge in [0.1, 0.15) is 18.0 Å². The molecule has 2 aromatic rings. The van der Waals surface area contributed by atoms with Crippen molar-refractivity contribution >= 4 is 17.9 Å². The molecule has 1 aliphatic rings. The van der Waals surface area contributed by atoms with Crippen LogP contribution in [-0.2, 0) is 25.5 Å². The van der Waals surface area contributed by atoms with E-state index in [4.69, 9.17) is 14.2 Å². The molecule has 1 fully saturated rings. The molecular weight excluding hydrogens is 576 g/mol. The van der Waals surface area contributed by atoms with Crippen LogP contribution in [0.25, 0.3) is 0 Å². The van der Waals surface area contributed by atoms with E-state index in [-0.39, 0.29) is 30.1 Å². The molecule has 6 heteroatoms. The summed E-state index contributed by atoms with van der Waals surface area (Å²) in [7, 11) is 0. The number of unbranched alkanes of at least 4 members (excludes halogenated alkanes) is 10. The molecule has 1 saturated carbocycles. The Morgan fingerprint density at radius 2 is 1.35 bits per heavy atom. The van der Waals surface area contributed by atoms with Gasteiger partial charge in [0.05, 0.1) is 11.5 Å². The lowest BCUT2D eigenvalue weighted by Gasteiger charge is -2.27. The molecule has 0 bridgehead atoms. The molecule has 2 aromatic carbocycles. The lowest BCUT2D eigenvalue weighted by Crippen LogP contribution is -2.30. The Morgan fingerprint density at radius 3 is 1.96 bits per heavy atom. The second-order valence-corrected chi connectivity index (χ2v) is 12.8. The number of benzene rings is 2. The van der Waals surface area contributed by atoms with E-state index >= 15 is 0 Å². The van der Waals surface area contributed by atoms with Crippen LogP contribution in [0.1, 0.15) is 151 Å². The summed E-state index contributed by atoms with van der Waals surface area (Å²) >= 11 is 0. The van der Waals surface area contributed by atoms with Gasteiger partial charge in [-0.3, -0.25) is 4.79 Å². The van der Waals surface area contributed by atoms with Gasteiger partial charge in [0.15, 0.2) is 0 Å². The minimum absolute atomic E-state index is 0.194. The van der Waals surface area contributed by atoms with E-state index in [1.807, 2.05) is 36.4 Å². The number of aryl methyl sites for hydroxylation is 1. The number of rotatable bonds is 21. The van der Waals surface area contributed by atoms with Crippen LogP contribution in [0, 0.1) is 5.92 Å². The maximum Gasteiger partial charge on any atom is 0.338 e. The van der Waals surface area contributed by atoms with Crippen LogP contribution >= 0.6 is 0 Å². The zero-order valence-corrected chi connectivity index (χ0v) is 28.3. The van der Waals surface area contributed by atoms with E-state index in [2.05, 4.69) is 20.4 Å². The molecule has 3 rings (SSSR count).